The summed E-state index contributed by atoms with van der Waals surface area (Å²) in [7, 11) is 2.00. The third-order valence-corrected chi connectivity index (χ3v) is 7.06. The summed E-state index contributed by atoms with van der Waals surface area (Å²) in [6.45, 7) is 0. The summed E-state index contributed by atoms with van der Waals surface area (Å²) < 4.78 is 2.03. The molecule has 2 N–H and O–H groups in total. The van der Waals surface area contributed by atoms with Crippen LogP contribution >= 0.6 is 11.3 Å². The van der Waals surface area contributed by atoms with E-state index in [-0.39, 0.29) is 0 Å². The second-order valence-electron chi connectivity index (χ2n) is 8.38. The van der Waals surface area contributed by atoms with Gasteiger partial charge in [0.1, 0.15) is 17.0 Å². The van der Waals surface area contributed by atoms with Crippen LogP contribution in [0.5, 0.6) is 0 Å². The monoisotopic (exact) mass is 486 g/mol. The predicted molar refractivity (Wildman–Crippen MR) is 148 cm³/mol. The fraction of sp³-hybridized carbons (Fsp3) is 0.0345. The van der Waals surface area contributed by atoms with E-state index in [1.807, 2.05) is 72.5 Å². The van der Waals surface area contributed by atoms with Gasteiger partial charge in [-0.05, 0) is 18.2 Å². The van der Waals surface area contributed by atoms with Crippen LogP contribution in [-0.2, 0) is 7.05 Å². The van der Waals surface area contributed by atoms with Crippen LogP contribution in [0.4, 0.5) is 11.5 Å². The largest absolute Gasteiger partial charge is 0.383 e. The summed E-state index contributed by atoms with van der Waals surface area (Å²) in [4.78, 5) is 20.1. The maximum absolute atomic E-state index is 6.07. The SMILES string of the molecule is Cn1cnc(-c2ccc(N=C(c3ccccc3)c3ccccc3)cc2)c1-c1cc2c(N)ncnc2s1. The van der Waals surface area contributed by atoms with E-state index in [1.165, 1.54) is 6.33 Å². The van der Waals surface area contributed by atoms with Gasteiger partial charge < -0.3 is 10.3 Å². The average molecular weight is 487 g/mol. The highest BCUT2D eigenvalue weighted by atomic mass is 32.1. The van der Waals surface area contributed by atoms with Crippen LogP contribution in [0.2, 0.25) is 0 Å². The van der Waals surface area contributed by atoms with Crippen molar-refractivity contribution in [1.29, 1.82) is 0 Å². The molecule has 6 aromatic rings. The summed E-state index contributed by atoms with van der Waals surface area (Å²) in [5.74, 6) is 0.487. The van der Waals surface area contributed by atoms with Crippen molar-refractivity contribution in [2.75, 3.05) is 5.73 Å². The van der Waals surface area contributed by atoms with E-state index in [0.717, 1.165) is 54.6 Å². The molecule has 0 fully saturated rings. The zero-order chi connectivity index (χ0) is 24.5. The molecule has 3 aromatic heterocycles. The topological polar surface area (TPSA) is 82.0 Å². The number of nitrogens with two attached hydrogens (primary N) is 1. The Hall–Kier alpha value is -4.62. The second kappa shape index (κ2) is 9.20. The van der Waals surface area contributed by atoms with Crippen molar-refractivity contribution >= 4 is 38.8 Å². The number of aryl methyl sites for hydroxylation is 1. The molecule has 6 nitrogen and oxygen atoms in total. The normalized spacial score (nSPS) is 11.0. The molecule has 3 aromatic carbocycles. The van der Waals surface area contributed by atoms with Crippen LogP contribution in [0.15, 0.2) is 109 Å². The van der Waals surface area contributed by atoms with E-state index in [9.17, 15) is 0 Å². The molecule has 0 unspecified atom stereocenters. The molecule has 0 saturated carbocycles. The van der Waals surface area contributed by atoms with E-state index in [0.29, 0.717) is 5.82 Å². The summed E-state index contributed by atoms with van der Waals surface area (Å²) >= 11 is 1.59. The highest BCUT2D eigenvalue weighted by molar-refractivity contribution is 7.21. The third-order valence-electron chi connectivity index (χ3n) is 6.01. The number of benzene rings is 3. The Morgan fingerprint density at radius 3 is 2.14 bits per heavy atom. The van der Waals surface area contributed by atoms with Gasteiger partial charge in [-0.1, -0.05) is 72.8 Å². The summed E-state index contributed by atoms with van der Waals surface area (Å²) in [6.07, 6.45) is 3.33. The number of anilines is 1. The van der Waals surface area contributed by atoms with Gasteiger partial charge in [-0.2, -0.15) is 0 Å². The van der Waals surface area contributed by atoms with E-state index in [1.54, 1.807) is 11.3 Å². The molecule has 174 valence electrons. The van der Waals surface area contributed by atoms with Crippen molar-refractivity contribution in [3.05, 3.63) is 115 Å². The highest BCUT2D eigenvalue weighted by Crippen LogP contribution is 2.39. The lowest BCUT2D eigenvalue weighted by molar-refractivity contribution is 0.924. The van der Waals surface area contributed by atoms with Crippen molar-refractivity contribution in [2.45, 2.75) is 0 Å². The molecule has 0 bridgehead atoms. The molecule has 0 aliphatic heterocycles. The Morgan fingerprint density at radius 1 is 0.833 bits per heavy atom. The number of nitrogen functional groups attached to an aromatic ring is 1. The Labute approximate surface area is 212 Å². The van der Waals surface area contributed by atoms with E-state index in [4.69, 9.17) is 15.7 Å². The Balaban J connectivity index is 1.39. The maximum atomic E-state index is 6.07. The lowest BCUT2D eigenvalue weighted by Gasteiger charge is -2.08. The van der Waals surface area contributed by atoms with Crippen LogP contribution in [0.1, 0.15) is 11.1 Å². The summed E-state index contributed by atoms with van der Waals surface area (Å²) in [5.41, 5.74) is 13.0. The first-order valence-corrected chi connectivity index (χ1v) is 12.3. The molecule has 36 heavy (non-hydrogen) atoms. The molecule has 0 spiro atoms. The van der Waals surface area contributed by atoms with Crippen molar-refractivity contribution in [1.82, 2.24) is 19.5 Å². The van der Waals surface area contributed by atoms with Crippen LogP contribution in [0.25, 0.3) is 32.0 Å². The van der Waals surface area contributed by atoms with E-state index in [2.05, 4.69) is 46.4 Å². The van der Waals surface area contributed by atoms with Gasteiger partial charge in [0.2, 0.25) is 0 Å². The first-order chi connectivity index (χ1) is 17.7. The average Bonchev–Trinajstić information content (AvgIpc) is 3.53. The van der Waals surface area contributed by atoms with Gasteiger partial charge in [0.25, 0.3) is 0 Å². The lowest BCUT2D eigenvalue weighted by Crippen LogP contribution is -2.02. The molecule has 7 heteroatoms. The van der Waals surface area contributed by atoms with Gasteiger partial charge in [0.05, 0.1) is 39.4 Å². The number of imidazole rings is 1. The smallest absolute Gasteiger partial charge is 0.135 e. The van der Waals surface area contributed by atoms with Crippen molar-refractivity contribution in [3.63, 3.8) is 0 Å². The third kappa shape index (κ3) is 4.06. The number of rotatable bonds is 5. The van der Waals surface area contributed by atoms with Gasteiger partial charge >= 0.3 is 0 Å². The fourth-order valence-electron chi connectivity index (χ4n) is 4.23. The van der Waals surface area contributed by atoms with Crippen LogP contribution < -0.4 is 5.73 Å². The van der Waals surface area contributed by atoms with Gasteiger partial charge in [0.15, 0.2) is 0 Å². The second-order valence-corrected chi connectivity index (χ2v) is 9.41. The molecular weight excluding hydrogens is 464 g/mol. The maximum Gasteiger partial charge on any atom is 0.135 e. The van der Waals surface area contributed by atoms with E-state index < -0.39 is 0 Å². The molecular formula is C29H22N6S. The van der Waals surface area contributed by atoms with Crippen molar-refractivity contribution in [2.24, 2.45) is 12.0 Å². The first-order valence-electron chi connectivity index (χ1n) is 11.5. The number of thiophene rings is 1. The molecule has 0 aliphatic rings. The zero-order valence-corrected chi connectivity index (χ0v) is 20.4. The molecule has 0 atom stereocenters. The fourth-order valence-corrected chi connectivity index (χ4v) is 5.33. The minimum atomic E-state index is 0.487. The van der Waals surface area contributed by atoms with E-state index >= 15 is 0 Å². The number of nitrogens with zero attached hydrogens (tertiary/aromatic N) is 5. The minimum Gasteiger partial charge on any atom is -0.383 e. The number of fused-ring (bicyclic) bond motifs is 1. The predicted octanol–water partition coefficient (Wildman–Crippen LogP) is 6.51. The number of aromatic nitrogens is 4. The van der Waals surface area contributed by atoms with Crippen LogP contribution in [-0.4, -0.2) is 25.2 Å². The number of hydrogen-bond donors (Lipinski definition) is 1. The summed E-state index contributed by atoms with van der Waals surface area (Å²) in [5, 5.41) is 0.865. The quantitative estimate of drug-likeness (QED) is 0.282. The Bertz CT molecular complexity index is 1640. The number of hydrogen-bond acceptors (Lipinski definition) is 6. The molecule has 3 heterocycles. The minimum absolute atomic E-state index is 0.487. The Kier molecular flexibility index (Phi) is 5.59. The van der Waals surface area contributed by atoms with Gasteiger partial charge in [-0.3, -0.25) is 0 Å². The van der Waals surface area contributed by atoms with Gasteiger partial charge in [-0.15, -0.1) is 11.3 Å². The molecule has 6 rings (SSSR count). The molecule has 0 amide bonds. The highest BCUT2D eigenvalue weighted by Gasteiger charge is 2.17. The Morgan fingerprint density at radius 2 is 1.50 bits per heavy atom. The number of aliphatic imine (C=N–C) groups is 1. The van der Waals surface area contributed by atoms with Crippen molar-refractivity contribution in [3.8, 4) is 21.8 Å². The van der Waals surface area contributed by atoms with Gasteiger partial charge in [-0.25, -0.2) is 19.9 Å². The molecule has 0 aliphatic carbocycles. The summed E-state index contributed by atoms with van der Waals surface area (Å²) in [6, 6.07) is 30.8. The van der Waals surface area contributed by atoms with Crippen molar-refractivity contribution < 1.29 is 0 Å². The molecule has 0 saturated heterocycles. The standard InChI is InChI=1S/C29H22N6S/c1-35-18-33-26(27(35)24-16-23-28(30)31-17-32-29(23)36-24)21-12-14-22(15-13-21)34-25(19-8-4-2-5-9-19)20-10-6-3-7-11-20/h2-18H,1H3,(H2,30,31,32). The van der Waals surface area contributed by atoms with Crippen LogP contribution in [0.3, 0.4) is 0 Å². The molecule has 0 radical (unpaired) electrons. The lowest BCUT2D eigenvalue weighted by atomic mass is 10.0. The zero-order valence-electron chi connectivity index (χ0n) is 19.5. The van der Waals surface area contributed by atoms with Gasteiger partial charge in [0, 0.05) is 23.7 Å². The van der Waals surface area contributed by atoms with Crippen LogP contribution in [0, 0.1) is 0 Å². The first kappa shape index (κ1) is 21.9.